The van der Waals surface area contributed by atoms with Gasteiger partial charge in [-0.25, -0.2) is 0 Å². The Labute approximate surface area is 174 Å². The molecule has 0 aliphatic rings. The average Bonchev–Trinajstić information content (AvgIpc) is 3.12. The first-order chi connectivity index (χ1) is 13.4. The summed E-state index contributed by atoms with van der Waals surface area (Å²) in [4.78, 5) is 23.3. The highest BCUT2D eigenvalue weighted by Gasteiger charge is 2.12. The Morgan fingerprint density at radius 2 is 1.89 bits per heavy atom. The van der Waals surface area contributed by atoms with Crippen molar-refractivity contribution in [1.29, 1.82) is 0 Å². The number of aryl methyl sites for hydroxylation is 1. The number of halogens is 1. The molecule has 28 heavy (non-hydrogen) atoms. The number of rotatable bonds is 6. The zero-order valence-corrected chi connectivity index (χ0v) is 17.6. The molecule has 2 aromatic carbocycles. The summed E-state index contributed by atoms with van der Waals surface area (Å²) in [7, 11) is 0. The molecule has 2 N–H and O–H groups in total. The summed E-state index contributed by atoms with van der Waals surface area (Å²) >= 11 is 4.58. The fourth-order valence-electron chi connectivity index (χ4n) is 2.36. The van der Waals surface area contributed by atoms with Gasteiger partial charge < -0.3 is 15.1 Å². The van der Waals surface area contributed by atoms with Gasteiger partial charge in [-0.15, -0.1) is 10.2 Å². The number of anilines is 2. The van der Waals surface area contributed by atoms with E-state index in [4.69, 9.17) is 4.42 Å². The van der Waals surface area contributed by atoms with E-state index < -0.39 is 0 Å². The van der Waals surface area contributed by atoms with Crippen LogP contribution < -0.4 is 10.6 Å². The van der Waals surface area contributed by atoms with Crippen LogP contribution in [0.3, 0.4) is 0 Å². The van der Waals surface area contributed by atoms with Crippen molar-refractivity contribution in [1.82, 2.24) is 10.2 Å². The van der Waals surface area contributed by atoms with Crippen molar-refractivity contribution in [3.8, 4) is 11.5 Å². The molecule has 0 fully saturated rings. The summed E-state index contributed by atoms with van der Waals surface area (Å²) in [6, 6.07) is 12.7. The molecular weight excluding hydrogens is 444 g/mol. The van der Waals surface area contributed by atoms with E-state index >= 15 is 0 Å². The highest BCUT2D eigenvalue weighted by molar-refractivity contribution is 9.10. The Kier molecular flexibility index (Phi) is 6.48. The molecule has 2 amide bonds. The molecule has 0 radical (unpaired) electrons. The van der Waals surface area contributed by atoms with Crippen molar-refractivity contribution in [2.45, 2.75) is 19.1 Å². The molecular formula is C19H17BrN4O3S. The van der Waals surface area contributed by atoms with Crippen LogP contribution in [0.4, 0.5) is 11.4 Å². The SMILES string of the molecule is CC(=O)Nc1cccc(-c2nnc(SCC(=O)Nc3ccc(Br)c(C)c3)o2)c1. The van der Waals surface area contributed by atoms with E-state index in [1.165, 1.54) is 6.92 Å². The van der Waals surface area contributed by atoms with Gasteiger partial charge in [0.1, 0.15) is 0 Å². The van der Waals surface area contributed by atoms with E-state index in [0.717, 1.165) is 27.5 Å². The van der Waals surface area contributed by atoms with Crippen molar-refractivity contribution < 1.29 is 14.0 Å². The van der Waals surface area contributed by atoms with Crippen LogP contribution in [0.2, 0.25) is 0 Å². The molecule has 0 aliphatic carbocycles. The highest BCUT2D eigenvalue weighted by Crippen LogP contribution is 2.25. The lowest BCUT2D eigenvalue weighted by Gasteiger charge is -2.06. The Morgan fingerprint density at radius 1 is 1.11 bits per heavy atom. The van der Waals surface area contributed by atoms with Gasteiger partial charge in [0.05, 0.1) is 5.75 Å². The molecule has 7 nitrogen and oxygen atoms in total. The van der Waals surface area contributed by atoms with E-state index in [1.54, 1.807) is 24.3 Å². The second-order valence-electron chi connectivity index (χ2n) is 5.94. The molecule has 1 aromatic heterocycles. The van der Waals surface area contributed by atoms with E-state index in [0.29, 0.717) is 22.4 Å². The molecule has 9 heteroatoms. The minimum Gasteiger partial charge on any atom is -0.411 e. The maximum atomic E-state index is 12.1. The zero-order chi connectivity index (χ0) is 20.1. The lowest BCUT2D eigenvalue weighted by molar-refractivity contribution is -0.114. The van der Waals surface area contributed by atoms with E-state index in [9.17, 15) is 9.59 Å². The van der Waals surface area contributed by atoms with E-state index in [-0.39, 0.29) is 17.6 Å². The molecule has 0 unspecified atom stereocenters. The van der Waals surface area contributed by atoms with Crippen LogP contribution in [0.1, 0.15) is 12.5 Å². The van der Waals surface area contributed by atoms with Crippen molar-refractivity contribution in [2.75, 3.05) is 16.4 Å². The molecule has 0 spiro atoms. The van der Waals surface area contributed by atoms with Crippen molar-refractivity contribution in [2.24, 2.45) is 0 Å². The Hall–Kier alpha value is -2.65. The van der Waals surface area contributed by atoms with Gasteiger partial charge >= 0.3 is 0 Å². The average molecular weight is 461 g/mol. The van der Waals surface area contributed by atoms with Gasteiger partial charge in [-0.2, -0.15) is 0 Å². The third-order valence-electron chi connectivity index (χ3n) is 3.60. The highest BCUT2D eigenvalue weighted by atomic mass is 79.9. The minimum absolute atomic E-state index is 0.142. The molecule has 0 saturated heterocycles. The number of thioether (sulfide) groups is 1. The van der Waals surface area contributed by atoms with Crippen LogP contribution in [0.15, 0.2) is 56.6 Å². The molecule has 1 heterocycles. The smallest absolute Gasteiger partial charge is 0.277 e. The largest absolute Gasteiger partial charge is 0.411 e. The van der Waals surface area contributed by atoms with E-state index in [1.807, 2.05) is 25.1 Å². The number of amides is 2. The number of carbonyl (C=O) groups excluding carboxylic acids is 2. The first-order valence-electron chi connectivity index (χ1n) is 8.31. The summed E-state index contributed by atoms with van der Waals surface area (Å²) in [6.07, 6.45) is 0. The number of hydrogen-bond donors (Lipinski definition) is 2. The van der Waals surface area contributed by atoms with Gasteiger partial charge in [-0.05, 0) is 48.9 Å². The fraction of sp³-hybridized carbons (Fsp3) is 0.158. The standard InChI is InChI=1S/C19H17BrN4O3S/c1-11-8-15(6-7-16(11)20)22-17(26)10-28-19-24-23-18(27-19)13-4-3-5-14(9-13)21-12(2)25/h3-9H,10H2,1-2H3,(H,21,25)(H,22,26). The van der Waals surface area contributed by atoms with E-state index in [2.05, 4.69) is 36.8 Å². The van der Waals surface area contributed by atoms with Crippen LogP contribution in [0, 0.1) is 6.92 Å². The Bertz CT molecular complexity index is 1020. The predicted molar refractivity (Wildman–Crippen MR) is 112 cm³/mol. The van der Waals surface area contributed by atoms with Crippen molar-refractivity contribution in [3.05, 3.63) is 52.5 Å². The maximum absolute atomic E-state index is 12.1. The number of hydrogen-bond acceptors (Lipinski definition) is 6. The van der Waals surface area contributed by atoms with Crippen LogP contribution in [-0.4, -0.2) is 27.8 Å². The Balaban J connectivity index is 1.59. The van der Waals surface area contributed by atoms with Gasteiger partial charge in [0.2, 0.25) is 17.7 Å². The van der Waals surface area contributed by atoms with Gasteiger partial charge in [-0.1, -0.05) is 33.8 Å². The summed E-state index contributed by atoms with van der Waals surface area (Å²) < 4.78 is 6.59. The number of benzene rings is 2. The maximum Gasteiger partial charge on any atom is 0.277 e. The summed E-state index contributed by atoms with van der Waals surface area (Å²) in [5, 5.41) is 13.8. The predicted octanol–water partition coefficient (Wildman–Crippen LogP) is 4.50. The van der Waals surface area contributed by atoms with Gasteiger partial charge in [0.25, 0.3) is 5.22 Å². The van der Waals surface area contributed by atoms with Crippen LogP contribution in [-0.2, 0) is 9.59 Å². The molecule has 0 saturated carbocycles. The van der Waals surface area contributed by atoms with Crippen molar-refractivity contribution in [3.63, 3.8) is 0 Å². The molecule has 144 valence electrons. The number of carbonyl (C=O) groups is 2. The van der Waals surface area contributed by atoms with Crippen LogP contribution >= 0.6 is 27.7 Å². The topological polar surface area (TPSA) is 97.1 Å². The van der Waals surface area contributed by atoms with Gasteiger partial charge in [-0.3, -0.25) is 9.59 Å². The molecule has 0 aliphatic heterocycles. The summed E-state index contributed by atoms with van der Waals surface area (Å²) in [5.41, 5.74) is 3.09. The molecule has 0 bridgehead atoms. The molecule has 3 rings (SSSR count). The minimum atomic E-state index is -0.167. The van der Waals surface area contributed by atoms with Crippen LogP contribution in [0.25, 0.3) is 11.5 Å². The van der Waals surface area contributed by atoms with Crippen LogP contribution in [0.5, 0.6) is 0 Å². The Morgan fingerprint density at radius 3 is 2.64 bits per heavy atom. The first-order valence-corrected chi connectivity index (χ1v) is 10.1. The first kappa shape index (κ1) is 20.1. The normalized spacial score (nSPS) is 10.5. The second-order valence-corrected chi connectivity index (χ2v) is 7.72. The lowest BCUT2D eigenvalue weighted by atomic mass is 10.2. The third kappa shape index (κ3) is 5.43. The number of nitrogens with one attached hydrogen (secondary N) is 2. The summed E-state index contributed by atoms with van der Waals surface area (Å²) in [6.45, 7) is 3.39. The monoisotopic (exact) mass is 460 g/mol. The van der Waals surface area contributed by atoms with Gasteiger partial charge in [0, 0.05) is 28.3 Å². The fourth-order valence-corrected chi connectivity index (χ4v) is 3.17. The zero-order valence-electron chi connectivity index (χ0n) is 15.2. The quantitative estimate of drug-likeness (QED) is 0.525. The van der Waals surface area contributed by atoms with Crippen molar-refractivity contribution >= 4 is 50.9 Å². The molecule has 3 aromatic rings. The third-order valence-corrected chi connectivity index (χ3v) is 5.31. The van der Waals surface area contributed by atoms with Gasteiger partial charge in [0.15, 0.2) is 0 Å². The lowest BCUT2D eigenvalue weighted by Crippen LogP contribution is -2.14. The molecule has 0 atom stereocenters. The second kappa shape index (κ2) is 9.03. The number of nitrogens with zero attached hydrogens (tertiary/aromatic N) is 2. The summed E-state index contributed by atoms with van der Waals surface area (Å²) in [5.74, 6) is 0.131. The number of aromatic nitrogens is 2.